The van der Waals surface area contributed by atoms with Gasteiger partial charge in [0.25, 0.3) is 0 Å². The van der Waals surface area contributed by atoms with Gasteiger partial charge in [-0.2, -0.15) is 0 Å². The molecule has 1 atom stereocenters. The summed E-state index contributed by atoms with van der Waals surface area (Å²) in [7, 11) is 0. The Hall–Kier alpha value is -2.81. The van der Waals surface area contributed by atoms with Crippen LogP contribution in [0.15, 0.2) is 30.5 Å². The average Bonchev–Trinajstić information content (AvgIpc) is 3.15. The van der Waals surface area contributed by atoms with Crippen LogP contribution in [0.1, 0.15) is 12.0 Å². The van der Waals surface area contributed by atoms with Crippen molar-refractivity contribution in [2.24, 2.45) is 5.92 Å². The second-order valence-corrected chi connectivity index (χ2v) is 6.45. The molecule has 124 valence electrons. The molecule has 0 aliphatic carbocycles. The molecule has 1 aromatic carbocycles. The molecule has 2 amide bonds. The highest BCUT2D eigenvalue weighted by Gasteiger charge is 2.36. The molecule has 0 spiro atoms. The number of nitrogens with zero attached hydrogens (tertiary/aromatic N) is 3. The first kappa shape index (κ1) is 16.1. The summed E-state index contributed by atoms with van der Waals surface area (Å²) in [5, 5.41) is 13.2. The second kappa shape index (κ2) is 6.36. The maximum Gasteiger partial charge on any atom is 0.345 e. The standard InChI is InChI=1S/C15H14N4O4S/c1-9-4-2-3-5-11(9)18-8-10(6-12(18)20)14(21)17-15-16-7-13(24-15)19(22)23/h2-5,7,10H,6,8H2,1H3,(H,16,17,21)/t10-/m0/s1. The van der Waals surface area contributed by atoms with Gasteiger partial charge in [-0.15, -0.1) is 0 Å². The third-order valence-corrected chi connectivity index (χ3v) is 4.67. The first-order valence-corrected chi connectivity index (χ1v) is 8.04. The van der Waals surface area contributed by atoms with E-state index in [-0.39, 0.29) is 34.9 Å². The Kier molecular flexibility index (Phi) is 4.26. The fourth-order valence-corrected chi connectivity index (χ4v) is 3.23. The van der Waals surface area contributed by atoms with Crippen molar-refractivity contribution < 1.29 is 14.5 Å². The van der Waals surface area contributed by atoms with Crippen molar-refractivity contribution >= 4 is 39.0 Å². The Morgan fingerprint density at radius 1 is 1.46 bits per heavy atom. The van der Waals surface area contributed by atoms with Crippen molar-refractivity contribution in [3.05, 3.63) is 46.1 Å². The van der Waals surface area contributed by atoms with Crippen LogP contribution in [0.2, 0.25) is 0 Å². The van der Waals surface area contributed by atoms with E-state index in [9.17, 15) is 19.7 Å². The van der Waals surface area contributed by atoms with Crippen molar-refractivity contribution in [3.8, 4) is 0 Å². The van der Waals surface area contributed by atoms with Crippen LogP contribution in [0.3, 0.4) is 0 Å². The van der Waals surface area contributed by atoms with Gasteiger partial charge in [0.1, 0.15) is 6.20 Å². The summed E-state index contributed by atoms with van der Waals surface area (Å²) >= 11 is 0.788. The highest BCUT2D eigenvalue weighted by atomic mass is 32.1. The van der Waals surface area contributed by atoms with E-state index in [0.29, 0.717) is 0 Å². The molecular formula is C15H14N4O4S. The average molecular weight is 346 g/mol. The predicted octanol–water partition coefficient (Wildman–Crippen LogP) is 2.35. The smallest absolute Gasteiger partial charge is 0.311 e. The number of aryl methyl sites for hydroxylation is 1. The molecule has 1 saturated heterocycles. The Morgan fingerprint density at radius 3 is 2.88 bits per heavy atom. The number of nitro groups is 1. The van der Waals surface area contributed by atoms with Gasteiger partial charge in [0, 0.05) is 18.7 Å². The molecule has 0 radical (unpaired) electrons. The van der Waals surface area contributed by atoms with Crippen LogP contribution in [0, 0.1) is 23.0 Å². The van der Waals surface area contributed by atoms with E-state index in [1.807, 2.05) is 31.2 Å². The first-order chi connectivity index (χ1) is 11.5. The molecule has 0 bridgehead atoms. The number of anilines is 2. The van der Waals surface area contributed by atoms with Gasteiger partial charge < -0.3 is 10.2 Å². The third-order valence-electron chi connectivity index (χ3n) is 3.81. The Balaban J connectivity index is 1.70. The monoisotopic (exact) mass is 346 g/mol. The zero-order valence-electron chi connectivity index (χ0n) is 12.8. The molecule has 9 heteroatoms. The molecule has 1 aliphatic rings. The summed E-state index contributed by atoms with van der Waals surface area (Å²) in [6, 6.07) is 7.49. The number of carbonyl (C=O) groups is 2. The minimum absolute atomic E-state index is 0.105. The molecule has 3 rings (SSSR count). The SMILES string of the molecule is Cc1ccccc1N1C[C@@H](C(=O)Nc2ncc([N+](=O)[O-])s2)CC1=O. The van der Waals surface area contributed by atoms with E-state index in [1.165, 1.54) is 0 Å². The third kappa shape index (κ3) is 3.11. The number of carbonyl (C=O) groups excluding carboxylic acids is 2. The lowest BCUT2D eigenvalue weighted by Gasteiger charge is -2.18. The number of aromatic nitrogens is 1. The Morgan fingerprint density at radius 2 is 2.21 bits per heavy atom. The predicted molar refractivity (Wildman–Crippen MR) is 89.0 cm³/mol. The number of amides is 2. The van der Waals surface area contributed by atoms with E-state index in [2.05, 4.69) is 10.3 Å². The highest BCUT2D eigenvalue weighted by Crippen LogP contribution is 2.30. The molecule has 1 aromatic heterocycles. The molecular weight excluding hydrogens is 332 g/mol. The Labute approximate surface area is 141 Å². The summed E-state index contributed by atoms with van der Waals surface area (Å²) in [6.45, 7) is 2.19. The lowest BCUT2D eigenvalue weighted by atomic mass is 10.1. The van der Waals surface area contributed by atoms with Crippen molar-refractivity contribution in [3.63, 3.8) is 0 Å². The molecule has 1 N–H and O–H groups in total. The van der Waals surface area contributed by atoms with Crippen LogP contribution < -0.4 is 10.2 Å². The van der Waals surface area contributed by atoms with Crippen molar-refractivity contribution in [1.29, 1.82) is 0 Å². The number of hydrogen-bond donors (Lipinski definition) is 1. The van der Waals surface area contributed by atoms with Gasteiger partial charge in [-0.25, -0.2) is 4.98 Å². The lowest BCUT2D eigenvalue weighted by Crippen LogP contribution is -2.28. The second-order valence-electron chi connectivity index (χ2n) is 5.44. The maximum absolute atomic E-state index is 12.3. The van der Waals surface area contributed by atoms with E-state index < -0.39 is 10.8 Å². The fraction of sp³-hybridized carbons (Fsp3) is 0.267. The molecule has 1 fully saturated rings. The summed E-state index contributed by atoms with van der Waals surface area (Å²) in [5.41, 5.74) is 1.75. The lowest BCUT2D eigenvalue weighted by molar-refractivity contribution is -0.380. The van der Waals surface area contributed by atoms with E-state index in [0.717, 1.165) is 28.8 Å². The zero-order valence-corrected chi connectivity index (χ0v) is 13.6. The minimum atomic E-state index is -0.563. The summed E-state index contributed by atoms with van der Waals surface area (Å²) in [5.74, 6) is -0.988. The van der Waals surface area contributed by atoms with E-state index in [4.69, 9.17) is 0 Å². The molecule has 0 unspecified atom stereocenters. The van der Waals surface area contributed by atoms with Gasteiger partial charge in [-0.3, -0.25) is 19.7 Å². The summed E-state index contributed by atoms with van der Waals surface area (Å²) in [4.78, 5) is 40.0. The minimum Gasteiger partial charge on any atom is -0.311 e. The number of benzene rings is 1. The first-order valence-electron chi connectivity index (χ1n) is 7.23. The van der Waals surface area contributed by atoms with Crippen molar-refractivity contribution in [2.75, 3.05) is 16.8 Å². The van der Waals surface area contributed by atoms with Gasteiger partial charge in [0.15, 0.2) is 5.13 Å². The van der Waals surface area contributed by atoms with Gasteiger partial charge in [-0.05, 0) is 29.9 Å². The highest BCUT2D eigenvalue weighted by molar-refractivity contribution is 7.18. The topological polar surface area (TPSA) is 105 Å². The number of nitrogens with one attached hydrogen (secondary N) is 1. The maximum atomic E-state index is 12.3. The zero-order chi connectivity index (χ0) is 17.3. The number of thiazole rings is 1. The molecule has 24 heavy (non-hydrogen) atoms. The molecule has 1 aliphatic heterocycles. The largest absolute Gasteiger partial charge is 0.345 e. The van der Waals surface area contributed by atoms with Crippen molar-refractivity contribution in [2.45, 2.75) is 13.3 Å². The van der Waals surface area contributed by atoms with Crippen LogP contribution in [-0.4, -0.2) is 28.3 Å². The van der Waals surface area contributed by atoms with Gasteiger partial charge in [-0.1, -0.05) is 18.2 Å². The van der Waals surface area contributed by atoms with Gasteiger partial charge in [0.05, 0.1) is 10.8 Å². The van der Waals surface area contributed by atoms with Crippen LogP contribution in [0.25, 0.3) is 0 Å². The van der Waals surface area contributed by atoms with Crippen LogP contribution in [0.5, 0.6) is 0 Å². The van der Waals surface area contributed by atoms with Crippen LogP contribution in [0.4, 0.5) is 15.8 Å². The van der Waals surface area contributed by atoms with Crippen LogP contribution in [-0.2, 0) is 9.59 Å². The van der Waals surface area contributed by atoms with E-state index in [1.54, 1.807) is 4.90 Å². The number of hydrogen-bond acceptors (Lipinski definition) is 6. The normalized spacial score (nSPS) is 17.1. The summed E-state index contributed by atoms with van der Waals surface area (Å²) in [6.07, 6.45) is 1.20. The molecule has 2 heterocycles. The van der Waals surface area contributed by atoms with Crippen molar-refractivity contribution in [1.82, 2.24) is 4.98 Å². The molecule has 0 saturated carbocycles. The van der Waals surface area contributed by atoms with E-state index >= 15 is 0 Å². The molecule has 2 aromatic rings. The quantitative estimate of drug-likeness (QED) is 0.676. The Bertz CT molecular complexity index is 819. The van der Waals surface area contributed by atoms with Gasteiger partial charge in [0.2, 0.25) is 11.8 Å². The number of para-hydroxylation sites is 1. The number of rotatable bonds is 4. The summed E-state index contributed by atoms with van der Waals surface area (Å²) < 4.78 is 0. The molecule has 8 nitrogen and oxygen atoms in total. The van der Waals surface area contributed by atoms with Gasteiger partial charge >= 0.3 is 5.00 Å². The van der Waals surface area contributed by atoms with Crippen LogP contribution >= 0.6 is 11.3 Å². The fourth-order valence-electron chi connectivity index (χ4n) is 2.60.